The van der Waals surface area contributed by atoms with Gasteiger partial charge in [0.25, 0.3) is 0 Å². The summed E-state index contributed by atoms with van der Waals surface area (Å²) in [5, 5.41) is 3.90. The van der Waals surface area contributed by atoms with E-state index in [0.29, 0.717) is 22.5 Å². The smallest absolute Gasteiger partial charge is 0.451 e. The molecule has 0 fully saturated rings. The van der Waals surface area contributed by atoms with Gasteiger partial charge in [-0.3, -0.25) is 4.40 Å². The second-order valence-electron chi connectivity index (χ2n) is 7.76. The molecule has 3 aromatic heterocycles. The Morgan fingerprint density at radius 3 is 2.45 bits per heavy atom. The molecule has 0 saturated heterocycles. The molecule has 9 nitrogen and oxygen atoms in total. The van der Waals surface area contributed by atoms with Crippen molar-refractivity contribution in [2.45, 2.75) is 12.4 Å². The fraction of sp³-hybridized carbons (Fsp3) is 0.174. The van der Waals surface area contributed by atoms with Gasteiger partial charge < -0.3 is 15.4 Å². The number of imidazole rings is 1. The lowest BCUT2D eigenvalue weighted by Crippen LogP contribution is -2.36. The van der Waals surface area contributed by atoms with Gasteiger partial charge in [-0.15, -0.1) is 0 Å². The number of nitrogens with zero attached hydrogens (tertiary/aromatic N) is 4. The van der Waals surface area contributed by atoms with Gasteiger partial charge in [-0.05, 0) is 36.4 Å². The van der Waals surface area contributed by atoms with E-state index in [-0.39, 0.29) is 16.9 Å². The number of anilines is 1. The van der Waals surface area contributed by atoms with Crippen LogP contribution in [0.15, 0.2) is 55.0 Å². The van der Waals surface area contributed by atoms with Crippen LogP contribution in [0.2, 0.25) is 0 Å². The molecule has 15 heteroatoms. The minimum atomic E-state index is -4.72. The number of ether oxygens (including phenoxy) is 1. The number of urea groups is 1. The number of carbonyl (C=O) groups excluding carboxylic acids is 2. The van der Waals surface area contributed by atoms with Crippen molar-refractivity contribution in [2.24, 2.45) is 0 Å². The Balaban J connectivity index is 1.70. The Morgan fingerprint density at radius 1 is 1.00 bits per heavy atom. The van der Waals surface area contributed by atoms with Crippen LogP contribution in [0, 0.1) is 0 Å². The summed E-state index contributed by atoms with van der Waals surface area (Å²) in [6.07, 6.45) is -5.43. The van der Waals surface area contributed by atoms with Gasteiger partial charge in [0.05, 0.1) is 30.3 Å². The molecule has 0 aliphatic rings. The SMILES string of the molecule is COC(=O)c1cc(NC(=O)NCC(F)(F)F)cc(-c2cnc3cc(-c4ccnc(C(F)(F)F)n4)ccn23)c1. The number of hydrogen-bond acceptors (Lipinski definition) is 6. The van der Waals surface area contributed by atoms with Crippen LogP contribution in [0.1, 0.15) is 16.2 Å². The molecule has 1 aromatic carbocycles. The first-order chi connectivity index (χ1) is 17.8. The van der Waals surface area contributed by atoms with Gasteiger partial charge in [0.1, 0.15) is 12.2 Å². The zero-order valence-electron chi connectivity index (χ0n) is 19.2. The molecule has 2 N–H and O–H groups in total. The average Bonchev–Trinajstić information content (AvgIpc) is 3.29. The predicted molar refractivity (Wildman–Crippen MR) is 121 cm³/mol. The molecule has 4 rings (SSSR count). The van der Waals surface area contributed by atoms with E-state index in [4.69, 9.17) is 4.74 Å². The summed E-state index contributed by atoms with van der Waals surface area (Å²) >= 11 is 0. The van der Waals surface area contributed by atoms with Crippen LogP contribution in [0.25, 0.3) is 28.2 Å². The van der Waals surface area contributed by atoms with Gasteiger partial charge in [0, 0.05) is 29.2 Å². The van der Waals surface area contributed by atoms with Crippen LogP contribution in [-0.2, 0) is 10.9 Å². The number of nitrogens with one attached hydrogen (secondary N) is 2. The number of pyridine rings is 1. The Bertz CT molecular complexity index is 1520. The number of esters is 1. The maximum Gasteiger partial charge on any atom is 0.451 e. The molecule has 3 heterocycles. The number of fused-ring (bicyclic) bond motifs is 1. The second-order valence-corrected chi connectivity index (χ2v) is 7.76. The number of amides is 2. The zero-order chi connectivity index (χ0) is 27.7. The summed E-state index contributed by atoms with van der Waals surface area (Å²) in [4.78, 5) is 35.2. The van der Waals surface area contributed by atoms with E-state index in [1.54, 1.807) is 9.72 Å². The van der Waals surface area contributed by atoms with Gasteiger partial charge in [-0.2, -0.15) is 26.3 Å². The molecule has 0 radical (unpaired) electrons. The zero-order valence-corrected chi connectivity index (χ0v) is 19.2. The van der Waals surface area contributed by atoms with E-state index in [1.807, 2.05) is 0 Å². The van der Waals surface area contributed by atoms with Crippen molar-refractivity contribution in [1.82, 2.24) is 24.7 Å². The third-order valence-corrected chi connectivity index (χ3v) is 5.08. The monoisotopic (exact) mass is 538 g/mol. The first kappa shape index (κ1) is 26.4. The quantitative estimate of drug-likeness (QED) is 0.275. The maximum absolute atomic E-state index is 13.0. The third kappa shape index (κ3) is 5.99. The van der Waals surface area contributed by atoms with Crippen LogP contribution >= 0.6 is 0 Å². The molecule has 0 atom stereocenters. The highest BCUT2D eigenvalue weighted by Gasteiger charge is 2.34. The highest BCUT2D eigenvalue weighted by Crippen LogP contribution is 2.30. The second kappa shape index (κ2) is 9.99. The Morgan fingerprint density at radius 2 is 1.76 bits per heavy atom. The molecule has 0 aliphatic heterocycles. The van der Waals surface area contributed by atoms with E-state index in [1.165, 1.54) is 48.8 Å². The summed E-state index contributed by atoms with van der Waals surface area (Å²) < 4.78 is 82.5. The molecular formula is C23H16F6N6O3. The number of benzene rings is 1. The molecule has 0 aliphatic carbocycles. The highest BCUT2D eigenvalue weighted by molar-refractivity contribution is 5.96. The molecule has 198 valence electrons. The van der Waals surface area contributed by atoms with Crippen molar-refractivity contribution in [3.05, 3.63) is 66.4 Å². The Hall–Kier alpha value is -4.69. The standard InChI is InChI=1S/C23H16F6N6O3/c1-38-19(36)14-6-13(7-15(8-14)33-21(37)32-11-22(24,25)26)17-10-31-18-9-12(3-5-35(17)18)16-2-4-30-20(34-16)23(27,28)29/h2-10H,11H2,1H3,(H2,32,33,37). The van der Waals surface area contributed by atoms with E-state index < -0.39 is 36.7 Å². The molecule has 0 bridgehead atoms. The molecule has 0 unspecified atom stereocenters. The fourth-order valence-electron chi connectivity index (χ4n) is 3.45. The van der Waals surface area contributed by atoms with E-state index in [2.05, 4.69) is 20.3 Å². The molecular weight excluding hydrogens is 522 g/mol. The topological polar surface area (TPSA) is 111 Å². The summed E-state index contributed by atoms with van der Waals surface area (Å²) in [5.41, 5.74) is 1.37. The number of aromatic nitrogens is 4. The average molecular weight is 538 g/mol. The minimum Gasteiger partial charge on any atom is -0.465 e. The Labute approximate surface area is 209 Å². The van der Waals surface area contributed by atoms with Gasteiger partial charge in [-0.1, -0.05) is 0 Å². The van der Waals surface area contributed by atoms with Gasteiger partial charge in [-0.25, -0.2) is 24.5 Å². The number of hydrogen-bond donors (Lipinski definition) is 2. The summed E-state index contributed by atoms with van der Waals surface area (Å²) in [7, 11) is 1.13. The van der Waals surface area contributed by atoms with Gasteiger partial charge in [0.15, 0.2) is 0 Å². The van der Waals surface area contributed by atoms with Crippen LogP contribution in [-0.4, -0.2) is 51.2 Å². The molecule has 4 aromatic rings. The number of methoxy groups -OCH3 is 1. The van der Waals surface area contributed by atoms with E-state index in [0.717, 1.165) is 13.3 Å². The Kier molecular flexibility index (Phi) is 6.93. The van der Waals surface area contributed by atoms with Crippen molar-refractivity contribution in [3.63, 3.8) is 0 Å². The number of carbonyl (C=O) groups is 2. The highest BCUT2D eigenvalue weighted by atomic mass is 19.4. The van der Waals surface area contributed by atoms with Crippen LogP contribution in [0.3, 0.4) is 0 Å². The molecule has 0 saturated carbocycles. The first-order valence-corrected chi connectivity index (χ1v) is 10.6. The van der Waals surface area contributed by atoms with Crippen LogP contribution in [0.4, 0.5) is 36.8 Å². The van der Waals surface area contributed by atoms with Gasteiger partial charge >= 0.3 is 24.4 Å². The number of alkyl halides is 6. The fourth-order valence-corrected chi connectivity index (χ4v) is 3.45. The van der Waals surface area contributed by atoms with Crippen LogP contribution in [0.5, 0.6) is 0 Å². The predicted octanol–water partition coefficient (Wildman–Crippen LogP) is 4.95. The maximum atomic E-state index is 13.0. The van der Waals surface area contributed by atoms with E-state index >= 15 is 0 Å². The molecule has 2 amide bonds. The van der Waals surface area contributed by atoms with Crippen molar-refractivity contribution in [1.29, 1.82) is 0 Å². The van der Waals surface area contributed by atoms with Crippen molar-refractivity contribution in [3.8, 4) is 22.5 Å². The minimum absolute atomic E-state index is 0.00481. The third-order valence-electron chi connectivity index (χ3n) is 5.08. The first-order valence-electron chi connectivity index (χ1n) is 10.6. The number of halogens is 6. The normalized spacial score (nSPS) is 11.9. The molecule has 38 heavy (non-hydrogen) atoms. The summed E-state index contributed by atoms with van der Waals surface area (Å²) in [6, 6.07) is 7.18. The largest absolute Gasteiger partial charge is 0.465 e. The van der Waals surface area contributed by atoms with Crippen molar-refractivity contribution >= 4 is 23.3 Å². The summed E-state index contributed by atoms with van der Waals surface area (Å²) in [5.74, 6) is -2.07. The lowest BCUT2D eigenvalue weighted by Gasteiger charge is -2.12. The van der Waals surface area contributed by atoms with Gasteiger partial charge in [0.2, 0.25) is 5.82 Å². The van der Waals surface area contributed by atoms with Crippen LogP contribution < -0.4 is 10.6 Å². The van der Waals surface area contributed by atoms with Crippen molar-refractivity contribution < 1.29 is 40.7 Å². The van der Waals surface area contributed by atoms with E-state index in [9.17, 15) is 35.9 Å². The van der Waals surface area contributed by atoms with Crippen molar-refractivity contribution in [2.75, 3.05) is 19.0 Å². The lowest BCUT2D eigenvalue weighted by atomic mass is 10.1. The summed E-state index contributed by atoms with van der Waals surface area (Å²) in [6.45, 7) is -1.56. The molecule has 0 spiro atoms. The lowest BCUT2D eigenvalue weighted by molar-refractivity contribution is -0.144. The number of rotatable bonds is 5.